The van der Waals surface area contributed by atoms with Crippen molar-refractivity contribution >= 4 is 43.1 Å². The second kappa shape index (κ2) is 6.87. The zero-order chi connectivity index (χ0) is 15.5. The molecule has 0 aromatic carbocycles. The summed E-state index contributed by atoms with van der Waals surface area (Å²) in [5.41, 5.74) is 0.977. The average Bonchev–Trinajstić information content (AvgIpc) is 2.81. The Kier molecular flexibility index (Phi) is 5.37. The number of thiophene rings is 1. The Bertz CT molecular complexity index is 712. The van der Waals surface area contributed by atoms with Gasteiger partial charge in [0.2, 0.25) is 0 Å². The number of aryl methyl sites for hydroxylation is 1. The Morgan fingerprint density at radius 3 is 2.76 bits per heavy atom. The van der Waals surface area contributed by atoms with Crippen LogP contribution in [0.15, 0.2) is 33.1 Å². The SMILES string of the molecule is CCNCc1sc(S(=O)(=O)Nc2ccc(Br)cn2)cc1C. The van der Waals surface area contributed by atoms with Crippen LogP contribution < -0.4 is 10.0 Å². The van der Waals surface area contributed by atoms with Crippen LogP contribution in [0.2, 0.25) is 0 Å². The summed E-state index contributed by atoms with van der Waals surface area (Å²) in [5.74, 6) is 0.303. The Morgan fingerprint density at radius 1 is 1.38 bits per heavy atom. The average molecular weight is 390 g/mol. The third kappa shape index (κ3) is 4.26. The summed E-state index contributed by atoms with van der Waals surface area (Å²) >= 11 is 4.54. The quantitative estimate of drug-likeness (QED) is 0.795. The van der Waals surface area contributed by atoms with Crippen molar-refractivity contribution in [3.63, 3.8) is 0 Å². The number of aromatic nitrogens is 1. The van der Waals surface area contributed by atoms with Crippen molar-refractivity contribution in [1.29, 1.82) is 0 Å². The summed E-state index contributed by atoms with van der Waals surface area (Å²) in [6.45, 7) is 5.46. The fourth-order valence-electron chi connectivity index (χ4n) is 1.66. The van der Waals surface area contributed by atoms with Crippen molar-refractivity contribution in [3.8, 4) is 0 Å². The number of nitrogens with one attached hydrogen (secondary N) is 2. The summed E-state index contributed by atoms with van der Waals surface area (Å²) in [4.78, 5) is 5.05. The van der Waals surface area contributed by atoms with Gasteiger partial charge < -0.3 is 5.32 Å². The first-order chi connectivity index (χ1) is 9.92. The van der Waals surface area contributed by atoms with Gasteiger partial charge in [-0.25, -0.2) is 13.4 Å². The maximum atomic E-state index is 12.4. The molecule has 8 heteroatoms. The molecule has 5 nitrogen and oxygen atoms in total. The van der Waals surface area contributed by atoms with Crippen LogP contribution in [0.4, 0.5) is 5.82 Å². The number of hydrogen-bond donors (Lipinski definition) is 2. The third-order valence-electron chi connectivity index (χ3n) is 2.76. The van der Waals surface area contributed by atoms with E-state index >= 15 is 0 Å². The summed E-state index contributed by atoms with van der Waals surface area (Å²) in [7, 11) is -3.59. The Labute approximate surface area is 137 Å². The lowest BCUT2D eigenvalue weighted by atomic mass is 10.3. The molecular formula is C13H16BrN3O2S2. The molecule has 0 bridgehead atoms. The first-order valence-electron chi connectivity index (χ1n) is 6.37. The summed E-state index contributed by atoms with van der Waals surface area (Å²) in [6, 6.07) is 5.04. The first kappa shape index (κ1) is 16.4. The van der Waals surface area contributed by atoms with Crippen molar-refractivity contribution in [1.82, 2.24) is 10.3 Å². The maximum Gasteiger partial charge on any atom is 0.272 e. The highest BCUT2D eigenvalue weighted by atomic mass is 79.9. The number of anilines is 1. The largest absolute Gasteiger partial charge is 0.312 e. The van der Waals surface area contributed by atoms with Gasteiger partial charge in [0.05, 0.1) is 0 Å². The molecule has 0 aliphatic rings. The molecule has 0 atom stereocenters. The van der Waals surface area contributed by atoms with Crippen LogP contribution >= 0.6 is 27.3 Å². The summed E-state index contributed by atoms with van der Waals surface area (Å²) in [5, 5.41) is 3.20. The number of sulfonamides is 1. The van der Waals surface area contributed by atoms with Gasteiger partial charge in [0.1, 0.15) is 10.0 Å². The monoisotopic (exact) mass is 389 g/mol. The minimum atomic E-state index is -3.59. The molecule has 0 aliphatic heterocycles. The molecule has 2 aromatic rings. The standard InChI is InChI=1S/C13H16BrN3O2S2/c1-3-15-8-11-9(2)6-13(20-11)21(18,19)17-12-5-4-10(14)7-16-12/h4-7,15H,3,8H2,1-2H3,(H,16,17). The first-order valence-corrected chi connectivity index (χ1v) is 9.46. The van der Waals surface area contributed by atoms with Crippen molar-refractivity contribution in [2.45, 2.75) is 24.6 Å². The van der Waals surface area contributed by atoms with Gasteiger partial charge in [-0.2, -0.15) is 0 Å². The second-order valence-corrected chi connectivity index (χ2v) is 8.38. The molecule has 0 aliphatic carbocycles. The van der Waals surface area contributed by atoms with Crippen LogP contribution in [0.1, 0.15) is 17.4 Å². The molecule has 0 radical (unpaired) electrons. The molecule has 2 rings (SSSR count). The molecule has 0 amide bonds. The van der Waals surface area contributed by atoms with Crippen LogP contribution in [0.5, 0.6) is 0 Å². The van der Waals surface area contributed by atoms with Gasteiger partial charge in [0.15, 0.2) is 0 Å². The lowest BCUT2D eigenvalue weighted by Gasteiger charge is -2.05. The molecular weight excluding hydrogens is 374 g/mol. The number of nitrogens with zero attached hydrogens (tertiary/aromatic N) is 1. The number of hydrogen-bond acceptors (Lipinski definition) is 5. The minimum absolute atomic E-state index is 0.303. The van der Waals surface area contributed by atoms with Crippen molar-refractivity contribution < 1.29 is 8.42 Å². The molecule has 2 aromatic heterocycles. The highest BCUT2D eigenvalue weighted by Gasteiger charge is 2.19. The number of rotatable bonds is 6. The van der Waals surface area contributed by atoms with Gasteiger partial charge >= 0.3 is 0 Å². The summed E-state index contributed by atoms with van der Waals surface area (Å²) < 4.78 is 28.3. The van der Waals surface area contributed by atoms with E-state index in [2.05, 4.69) is 31.0 Å². The van der Waals surface area contributed by atoms with Gasteiger partial charge in [-0.3, -0.25) is 4.72 Å². The number of pyridine rings is 1. The van der Waals surface area contributed by atoms with Gasteiger partial charge in [0.25, 0.3) is 10.0 Å². The minimum Gasteiger partial charge on any atom is -0.312 e. The topological polar surface area (TPSA) is 71.1 Å². The van der Waals surface area contributed by atoms with Gasteiger partial charge in [-0.1, -0.05) is 6.92 Å². The van der Waals surface area contributed by atoms with Crippen molar-refractivity contribution in [2.24, 2.45) is 0 Å². The number of halogens is 1. The Balaban J connectivity index is 2.21. The maximum absolute atomic E-state index is 12.4. The van der Waals surface area contributed by atoms with Crippen LogP contribution in [0.25, 0.3) is 0 Å². The highest BCUT2D eigenvalue weighted by molar-refractivity contribution is 9.10. The molecule has 2 N–H and O–H groups in total. The predicted molar refractivity (Wildman–Crippen MR) is 89.2 cm³/mol. The van der Waals surface area contributed by atoms with Crippen molar-refractivity contribution in [2.75, 3.05) is 11.3 Å². The van der Waals surface area contributed by atoms with E-state index in [1.165, 1.54) is 11.3 Å². The van der Waals surface area contributed by atoms with E-state index in [9.17, 15) is 8.42 Å². The molecule has 114 valence electrons. The molecule has 0 spiro atoms. The fourth-order valence-corrected chi connectivity index (χ4v) is 4.46. The predicted octanol–water partition coefficient (Wildman–Crippen LogP) is 3.12. The van der Waals surface area contributed by atoms with E-state index in [1.807, 2.05) is 13.8 Å². The van der Waals surface area contributed by atoms with E-state index < -0.39 is 10.0 Å². The van der Waals surface area contributed by atoms with Crippen LogP contribution in [-0.4, -0.2) is 19.9 Å². The zero-order valence-corrected chi connectivity index (χ0v) is 14.9. The smallest absolute Gasteiger partial charge is 0.272 e. The van der Waals surface area contributed by atoms with Gasteiger partial charge in [-0.15, -0.1) is 11.3 Å². The Morgan fingerprint density at radius 2 is 2.14 bits per heavy atom. The lowest BCUT2D eigenvalue weighted by molar-refractivity contribution is 0.603. The molecule has 21 heavy (non-hydrogen) atoms. The van der Waals surface area contributed by atoms with Crippen LogP contribution in [0, 0.1) is 6.92 Å². The van der Waals surface area contributed by atoms with E-state index in [0.29, 0.717) is 16.6 Å². The molecule has 0 fully saturated rings. The molecule has 0 saturated heterocycles. The van der Waals surface area contributed by atoms with Crippen LogP contribution in [0.3, 0.4) is 0 Å². The zero-order valence-electron chi connectivity index (χ0n) is 11.7. The molecule has 0 saturated carbocycles. The molecule has 2 heterocycles. The van der Waals surface area contributed by atoms with Gasteiger partial charge in [-0.05, 0) is 53.2 Å². The third-order valence-corrected chi connectivity index (χ3v) is 6.30. The van der Waals surface area contributed by atoms with E-state index in [0.717, 1.165) is 21.5 Å². The lowest BCUT2D eigenvalue weighted by Crippen LogP contribution is -2.12. The fraction of sp³-hybridized carbons (Fsp3) is 0.308. The van der Waals surface area contributed by atoms with Gasteiger partial charge in [0, 0.05) is 22.1 Å². The van der Waals surface area contributed by atoms with E-state index in [1.54, 1.807) is 24.4 Å². The van der Waals surface area contributed by atoms with Crippen LogP contribution in [-0.2, 0) is 16.6 Å². The second-order valence-electron chi connectivity index (χ2n) is 4.42. The Hall–Kier alpha value is -0.960. The normalized spacial score (nSPS) is 11.6. The van der Waals surface area contributed by atoms with E-state index in [-0.39, 0.29) is 0 Å². The van der Waals surface area contributed by atoms with Crippen molar-refractivity contribution in [3.05, 3.63) is 39.3 Å². The molecule has 0 unspecified atom stereocenters. The van der Waals surface area contributed by atoms with E-state index in [4.69, 9.17) is 0 Å². The highest BCUT2D eigenvalue weighted by Crippen LogP contribution is 2.27. The summed E-state index contributed by atoms with van der Waals surface area (Å²) in [6.07, 6.45) is 1.55.